The maximum Gasteiger partial charge on any atom is 0.137 e. The van der Waals surface area contributed by atoms with Crippen LogP contribution in [0.25, 0.3) is 44.4 Å². The first-order valence-corrected chi connectivity index (χ1v) is 17.8. The zero-order valence-corrected chi connectivity index (χ0v) is 31.1. The third kappa shape index (κ3) is 5.89. The Morgan fingerprint density at radius 3 is 2.16 bits per heavy atom. The highest BCUT2D eigenvalue weighted by atomic mass is 16.5. The molecular formula is C45H48N4O. The summed E-state index contributed by atoms with van der Waals surface area (Å²) >= 11 is 0. The van der Waals surface area contributed by atoms with E-state index >= 15 is 0 Å². The molecule has 0 atom stereocenters. The van der Waals surface area contributed by atoms with Crippen LogP contribution in [0.2, 0.25) is 0 Å². The lowest BCUT2D eigenvalue weighted by Crippen LogP contribution is -2.19. The van der Waals surface area contributed by atoms with Gasteiger partial charge in [0.05, 0.1) is 28.1 Å². The number of ether oxygens (including phenoxy) is 1. The van der Waals surface area contributed by atoms with Gasteiger partial charge in [-0.05, 0) is 110 Å². The molecule has 7 aromatic rings. The van der Waals surface area contributed by atoms with Gasteiger partial charge in [0, 0.05) is 40.1 Å². The largest absolute Gasteiger partial charge is 0.457 e. The predicted octanol–water partition coefficient (Wildman–Crippen LogP) is 12.0. The number of hydrogen-bond acceptors (Lipinski definition) is 3. The van der Waals surface area contributed by atoms with Crippen molar-refractivity contribution in [2.75, 3.05) is 0 Å². The summed E-state index contributed by atoms with van der Waals surface area (Å²) in [6.07, 6.45) is 2.86. The number of fused-ring (bicyclic) bond motifs is 3. The number of aromatic nitrogens is 4. The standard InChI is InChI=1S/C45H48N4O/c1-11-32-18-19-46-41(22-32)48-39-15-13-12-14-37(39)38-17-16-35(26-40(38)48)50-36-24-33(27(2)3)23-34(25-36)49-44(45(8,9)10)43(31(7)47-49)42-29(5)20-28(4)21-30(42)6/h12-27H,11H2,1-10H3. The number of para-hydroxylation sites is 1. The van der Waals surface area contributed by atoms with E-state index < -0.39 is 0 Å². The van der Waals surface area contributed by atoms with Crippen molar-refractivity contribution in [2.24, 2.45) is 0 Å². The van der Waals surface area contributed by atoms with Crippen molar-refractivity contribution >= 4 is 21.8 Å². The smallest absolute Gasteiger partial charge is 0.137 e. The van der Waals surface area contributed by atoms with Gasteiger partial charge in [-0.25, -0.2) is 9.67 Å². The molecule has 0 aliphatic carbocycles. The van der Waals surface area contributed by atoms with Gasteiger partial charge in [-0.3, -0.25) is 4.57 Å². The number of rotatable bonds is 7. The SMILES string of the molecule is CCc1ccnc(-n2c3ccccc3c3ccc(Oc4cc(C(C)C)cc(-n5nc(C)c(-c6c(C)cc(C)cc6C)c5C(C)(C)C)c4)cc32)c1. The minimum Gasteiger partial charge on any atom is -0.457 e. The summed E-state index contributed by atoms with van der Waals surface area (Å²) < 4.78 is 11.2. The Bertz CT molecular complexity index is 2380. The van der Waals surface area contributed by atoms with Gasteiger partial charge in [0.25, 0.3) is 0 Å². The summed E-state index contributed by atoms with van der Waals surface area (Å²) in [7, 11) is 0. The molecule has 0 saturated heterocycles. The molecule has 0 saturated carbocycles. The second kappa shape index (κ2) is 12.6. The third-order valence-electron chi connectivity index (χ3n) is 9.85. The number of aryl methyl sites for hydroxylation is 5. The van der Waals surface area contributed by atoms with Crippen molar-refractivity contribution in [3.8, 4) is 34.1 Å². The summed E-state index contributed by atoms with van der Waals surface area (Å²) in [4.78, 5) is 4.81. The molecular weight excluding hydrogens is 613 g/mol. The second-order valence-electron chi connectivity index (χ2n) is 15.2. The van der Waals surface area contributed by atoms with Gasteiger partial charge in [0.1, 0.15) is 17.3 Å². The Balaban J connectivity index is 1.38. The van der Waals surface area contributed by atoms with Gasteiger partial charge in [0.2, 0.25) is 0 Å². The Labute approximate surface area is 296 Å². The number of pyridine rings is 1. The molecule has 254 valence electrons. The first kappa shape index (κ1) is 33.3. The number of benzene rings is 4. The van der Waals surface area contributed by atoms with Crippen molar-refractivity contribution in [3.05, 3.63) is 130 Å². The van der Waals surface area contributed by atoms with E-state index in [0.717, 1.165) is 46.2 Å². The van der Waals surface area contributed by atoms with Crippen LogP contribution in [0.15, 0.2) is 91.1 Å². The van der Waals surface area contributed by atoms with Gasteiger partial charge < -0.3 is 4.74 Å². The van der Waals surface area contributed by atoms with E-state index in [0.29, 0.717) is 5.92 Å². The lowest BCUT2D eigenvalue weighted by molar-refractivity contribution is 0.480. The Hall–Kier alpha value is -5.16. The predicted molar refractivity (Wildman–Crippen MR) is 209 cm³/mol. The van der Waals surface area contributed by atoms with Gasteiger partial charge in [-0.2, -0.15) is 5.10 Å². The molecule has 0 bridgehead atoms. The first-order chi connectivity index (χ1) is 23.8. The summed E-state index contributed by atoms with van der Waals surface area (Å²) in [6, 6.07) is 30.4. The van der Waals surface area contributed by atoms with Crippen molar-refractivity contribution in [1.82, 2.24) is 19.3 Å². The Morgan fingerprint density at radius 2 is 1.46 bits per heavy atom. The highest BCUT2D eigenvalue weighted by Gasteiger charge is 2.30. The summed E-state index contributed by atoms with van der Waals surface area (Å²) in [6.45, 7) is 22.2. The monoisotopic (exact) mass is 660 g/mol. The average Bonchev–Trinajstić information content (AvgIpc) is 3.59. The molecule has 0 aliphatic heterocycles. The van der Waals surface area contributed by atoms with Crippen LogP contribution < -0.4 is 4.74 Å². The highest BCUT2D eigenvalue weighted by Crippen LogP contribution is 2.42. The fourth-order valence-electron chi connectivity index (χ4n) is 7.60. The maximum atomic E-state index is 6.79. The highest BCUT2D eigenvalue weighted by molar-refractivity contribution is 6.09. The number of hydrogen-bond donors (Lipinski definition) is 0. The molecule has 7 rings (SSSR count). The molecule has 5 nitrogen and oxygen atoms in total. The van der Waals surface area contributed by atoms with Crippen molar-refractivity contribution in [2.45, 2.75) is 87.0 Å². The lowest BCUT2D eigenvalue weighted by Gasteiger charge is -2.25. The molecule has 5 heteroatoms. The van der Waals surface area contributed by atoms with Crippen LogP contribution in [0.4, 0.5) is 0 Å². The number of nitrogens with zero attached hydrogens (tertiary/aromatic N) is 4. The minimum atomic E-state index is -0.170. The van der Waals surface area contributed by atoms with Gasteiger partial charge >= 0.3 is 0 Å². The van der Waals surface area contributed by atoms with E-state index in [1.165, 1.54) is 55.4 Å². The lowest BCUT2D eigenvalue weighted by atomic mass is 9.83. The molecule has 0 aliphatic rings. The molecule has 0 fully saturated rings. The van der Waals surface area contributed by atoms with E-state index in [4.69, 9.17) is 14.8 Å². The van der Waals surface area contributed by atoms with Crippen molar-refractivity contribution in [3.63, 3.8) is 0 Å². The molecule has 0 amide bonds. The molecule has 0 spiro atoms. The Kier molecular flexibility index (Phi) is 8.42. The van der Waals surface area contributed by atoms with Crippen LogP contribution in [0, 0.1) is 27.7 Å². The van der Waals surface area contributed by atoms with Crippen LogP contribution in [0.1, 0.15) is 86.7 Å². The molecule has 0 N–H and O–H groups in total. The average molecular weight is 661 g/mol. The summed E-state index contributed by atoms with van der Waals surface area (Å²) in [5.74, 6) is 2.78. The summed E-state index contributed by atoms with van der Waals surface area (Å²) in [5.41, 5.74) is 14.1. The van der Waals surface area contributed by atoms with Crippen LogP contribution in [-0.2, 0) is 11.8 Å². The quantitative estimate of drug-likeness (QED) is 0.171. The van der Waals surface area contributed by atoms with E-state index in [2.05, 4.69) is 163 Å². The van der Waals surface area contributed by atoms with Gasteiger partial charge in [-0.15, -0.1) is 0 Å². The van der Waals surface area contributed by atoms with Crippen LogP contribution in [-0.4, -0.2) is 19.3 Å². The molecule has 3 aromatic heterocycles. The fourth-order valence-corrected chi connectivity index (χ4v) is 7.60. The molecule has 4 aromatic carbocycles. The molecule has 50 heavy (non-hydrogen) atoms. The van der Waals surface area contributed by atoms with Gasteiger partial charge in [-0.1, -0.05) is 77.4 Å². The molecule has 0 unspecified atom stereocenters. The summed E-state index contributed by atoms with van der Waals surface area (Å²) in [5, 5.41) is 7.62. The van der Waals surface area contributed by atoms with Crippen molar-refractivity contribution in [1.29, 1.82) is 0 Å². The van der Waals surface area contributed by atoms with Crippen LogP contribution >= 0.6 is 0 Å². The van der Waals surface area contributed by atoms with E-state index in [1.54, 1.807) is 0 Å². The first-order valence-electron chi connectivity index (χ1n) is 17.8. The van der Waals surface area contributed by atoms with Gasteiger partial charge in [0.15, 0.2) is 0 Å². The van der Waals surface area contributed by atoms with E-state index in [1.807, 2.05) is 6.20 Å². The molecule has 3 heterocycles. The fraction of sp³-hybridized carbons (Fsp3) is 0.289. The maximum absolute atomic E-state index is 6.79. The van der Waals surface area contributed by atoms with E-state index in [9.17, 15) is 0 Å². The normalized spacial score (nSPS) is 12.1. The topological polar surface area (TPSA) is 44.9 Å². The van der Waals surface area contributed by atoms with Crippen LogP contribution in [0.3, 0.4) is 0 Å². The minimum absolute atomic E-state index is 0.170. The zero-order valence-electron chi connectivity index (χ0n) is 31.1. The third-order valence-corrected chi connectivity index (χ3v) is 9.85. The zero-order chi connectivity index (χ0) is 35.5. The molecule has 0 radical (unpaired) electrons. The van der Waals surface area contributed by atoms with E-state index in [-0.39, 0.29) is 5.41 Å². The van der Waals surface area contributed by atoms with Crippen LogP contribution in [0.5, 0.6) is 11.5 Å². The van der Waals surface area contributed by atoms with Crippen molar-refractivity contribution < 1.29 is 4.74 Å². The Morgan fingerprint density at radius 1 is 0.740 bits per heavy atom. The second-order valence-corrected chi connectivity index (χ2v) is 15.2.